The Balaban J connectivity index is 2.19. The van der Waals surface area contributed by atoms with E-state index in [2.05, 4.69) is 11.9 Å². The topological polar surface area (TPSA) is 49.4 Å². The first-order chi connectivity index (χ1) is 7.69. The molecule has 1 saturated carbocycles. The smallest absolute Gasteiger partial charge is 0.246 e. The highest BCUT2D eigenvalue weighted by Gasteiger charge is 2.46. The molecule has 0 radical (unpaired) electrons. The molecule has 0 bridgehead atoms. The van der Waals surface area contributed by atoms with Crippen molar-refractivity contribution in [2.45, 2.75) is 38.3 Å². The third-order valence-corrected chi connectivity index (χ3v) is 3.30. The van der Waals surface area contributed by atoms with Crippen LogP contribution in [0.25, 0.3) is 0 Å². The first-order valence-electron chi connectivity index (χ1n) is 5.90. The van der Waals surface area contributed by atoms with Crippen LogP contribution >= 0.6 is 0 Å². The lowest BCUT2D eigenvalue weighted by Crippen LogP contribution is -2.63. The molecule has 2 amide bonds. The molecule has 1 aliphatic carbocycles. The van der Waals surface area contributed by atoms with Crippen LogP contribution in [0.15, 0.2) is 12.7 Å². The molecule has 2 rings (SSSR count). The highest BCUT2D eigenvalue weighted by Crippen LogP contribution is 2.37. The molecule has 0 aromatic carbocycles. The summed E-state index contributed by atoms with van der Waals surface area (Å²) < 4.78 is 0. The van der Waals surface area contributed by atoms with Gasteiger partial charge in [0.15, 0.2) is 0 Å². The fraction of sp³-hybridized carbons (Fsp3) is 0.667. The SMILES string of the molecule is C=CCN1C(=O)C(CC)NC(=O)C1C1CC1. The van der Waals surface area contributed by atoms with Crippen molar-refractivity contribution < 1.29 is 9.59 Å². The molecule has 4 heteroatoms. The van der Waals surface area contributed by atoms with Crippen LogP contribution in [0.3, 0.4) is 0 Å². The maximum Gasteiger partial charge on any atom is 0.246 e. The van der Waals surface area contributed by atoms with Crippen molar-refractivity contribution in [1.29, 1.82) is 0 Å². The molecule has 2 aliphatic rings. The molecule has 16 heavy (non-hydrogen) atoms. The zero-order valence-corrected chi connectivity index (χ0v) is 9.61. The van der Waals surface area contributed by atoms with E-state index in [4.69, 9.17) is 0 Å². The Morgan fingerprint density at radius 3 is 2.69 bits per heavy atom. The number of nitrogens with zero attached hydrogens (tertiary/aromatic N) is 1. The Hall–Kier alpha value is -1.32. The highest BCUT2D eigenvalue weighted by atomic mass is 16.2. The zero-order chi connectivity index (χ0) is 11.7. The third-order valence-electron chi connectivity index (χ3n) is 3.30. The van der Waals surface area contributed by atoms with E-state index in [-0.39, 0.29) is 23.9 Å². The van der Waals surface area contributed by atoms with Crippen molar-refractivity contribution in [3.05, 3.63) is 12.7 Å². The summed E-state index contributed by atoms with van der Waals surface area (Å²) in [5.41, 5.74) is 0. The minimum absolute atomic E-state index is 0.0100. The molecule has 0 spiro atoms. The zero-order valence-electron chi connectivity index (χ0n) is 9.61. The summed E-state index contributed by atoms with van der Waals surface area (Å²) in [5, 5.41) is 2.81. The Morgan fingerprint density at radius 2 is 2.19 bits per heavy atom. The van der Waals surface area contributed by atoms with Crippen LogP contribution in [0.2, 0.25) is 0 Å². The van der Waals surface area contributed by atoms with E-state index in [1.54, 1.807) is 11.0 Å². The van der Waals surface area contributed by atoms with Gasteiger partial charge in [-0.1, -0.05) is 13.0 Å². The molecule has 2 fully saturated rings. The summed E-state index contributed by atoms with van der Waals surface area (Å²) in [6.07, 6.45) is 4.44. The molecule has 2 unspecified atom stereocenters. The van der Waals surface area contributed by atoms with Crippen molar-refractivity contribution in [3.8, 4) is 0 Å². The first kappa shape index (κ1) is 11.2. The van der Waals surface area contributed by atoms with Crippen molar-refractivity contribution in [1.82, 2.24) is 10.2 Å². The van der Waals surface area contributed by atoms with Gasteiger partial charge in [0.1, 0.15) is 12.1 Å². The van der Waals surface area contributed by atoms with Crippen molar-refractivity contribution >= 4 is 11.8 Å². The van der Waals surface area contributed by atoms with Gasteiger partial charge in [-0.2, -0.15) is 0 Å². The van der Waals surface area contributed by atoms with Crippen LogP contribution in [-0.2, 0) is 9.59 Å². The van der Waals surface area contributed by atoms with E-state index in [0.29, 0.717) is 18.9 Å². The summed E-state index contributed by atoms with van der Waals surface area (Å²) in [7, 11) is 0. The van der Waals surface area contributed by atoms with E-state index >= 15 is 0 Å². The molecule has 88 valence electrons. The molecule has 1 N–H and O–H groups in total. The van der Waals surface area contributed by atoms with Gasteiger partial charge in [0.2, 0.25) is 11.8 Å². The van der Waals surface area contributed by atoms with Crippen molar-refractivity contribution in [2.24, 2.45) is 5.92 Å². The van der Waals surface area contributed by atoms with E-state index in [9.17, 15) is 9.59 Å². The lowest BCUT2D eigenvalue weighted by molar-refractivity contribution is -0.149. The second kappa shape index (κ2) is 4.28. The Kier molecular flexibility index (Phi) is 2.99. The van der Waals surface area contributed by atoms with Gasteiger partial charge < -0.3 is 10.2 Å². The fourth-order valence-corrected chi connectivity index (χ4v) is 2.30. The number of piperazine rings is 1. The van der Waals surface area contributed by atoms with E-state index < -0.39 is 0 Å². The van der Waals surface area contributed by atoms with Crippen LogP contribution < -0.4 is 5.32 Å². The van der Waals surface area contributed by atoms with Crippen LogP contribution in [0.4, 0.5) is 0 Å². The van der Waals surface area contributed by atoms with Crippen LogP contribution in [-0.4, -0.2) is 35.3 Å². The van der Waals surface area contributed by atoms with Crippen LogP contribution in [0, 0.1) is 5.92 Å². The normalized spacial score (nSPS) is 30.2. The molecule has 1 aliphatic heterocycles. The van der Waals surface area contributed by atoms with Gasteiger partial charge in [0, 0.05) is 6.54 Å². The average Bonchev–Trinajstić information content (AvgIpc) is 3.07. The van der Waals surface area contributed by atoms with E-state index in [1.807, 2.05) is 6.92 Å². The minimum atomic E-state index is -0.345. The summed E-state index contributed by atoms with van der Waals surface area (Å²) >= 11 is 0. The predicted octanol–water partition coefficient (Wildman–Crippen LogP) is 0.688. The second-order valence-corrected chi connectivity index (χ2v) is 4.53. The average molecular weight is 222 g/mol. The van der Waals surface area contributed by atoms with Gasteiger partial charge >= 0.3 is 0 Å². The number of amides is 2. The fourth-order valence-electron chi connectivity index (χ4n) is 2.30. The van der Waals surface area contributed by atoms with Gasteiger partial charge in [0.25, 0.3) is 0 Å². The molecular weight excluding hydrogens is 204 g/mol. The summed E-state index contributed by atoms with van der Waals surface area (Å²) in [5.74, 6) is 0.413. The highest BCUT2D eigenvalue weighted by molar-refractivity contribution is 5.97. The van der Waals surface area contributed by atoms with Gasteiger partial charge in [-0.05, 0) is 25.2 Å². The summed E-state index contributed by atoms with van der Waals surface area (Å²) in [4.78, 5) is 25.7. The molecule has 4 nitrogen and oxygen atoms in total. The van der Waals surface area contributed by atoms with E-state index in [0.717, 1.165) is 12.8 Å². The van der Waals surface area contributed by atoms with Gasteiger partial charge in [-0.25, -0.2) is 0 Å². The maximum atomic E-state index is 12.1. The quantitative estimate of drug-likeness (QED) is 0.711. The molecule has 0 aromatic rings. The summed E-state index contributed by atoms with van der Waals surface area (Å²) in [6, 6.07) is -0.601. The number of hydrogen-bond donors (Lipinski definition) is 1. The minimum Gasteiger partial charge on any atom is -0.343 e. The molecule has 1 saturated heterocycles. The third kappa shape index (κ3) is 1.84. The van der Waals surface area contributed by atoms with Crippen molar-refractivity contribution in [3.63, 3.8) is 0 Å². The number of carbonyl (C=O) groups is 2. The Bertz CT molecular complexity index is 323. The standard InChI is InChI=1S/C12H18N2O2/c1-3-7-14-10(8-5-6-8)11(15)13-9(4-2)12(14)16/h3,8-10H,1,4-7H2,2H3,(H,13,15). The van der Waals surface area contributed by atoms with Crippen LogP contribution in [0.5, 0.6) is 0 Å². The number of carbonyl (C=O) groups excluding carboxylic acids is 2. The van der Waals surface area contributed by atoms with E-state index in [1.165, 1.54) is 0 Å². The number of hydrogen-bond acceptors (Lipinski definition) is 2. The number of nitrogens with one attached hydrogen (secondary N) is 1. The lowest BCUT2D eigenvalue weighted by Gasteiger charge is -2.38. The summed E-state index contributed by atoms with van der Waals surface area (Å²) in [6.45, 7) is 6.04. The van der Waals surface area contributed by atoms with Gasteiger partial charge in [0.05, 0.1) is 0 Å². The Labute approximate surface area is 95.7 Å². The molecular formula is C12H18N2O2. The monoisotopic (exact) mass is 222 g/mol. The predicted molar refractivity (Wildman–Crippen MR) is 60.6 cm³/mol. The van der Waals surface area contributed by atoms with Crippen molar-refractivity contribution in [2.75, 3.05) is 6.54 Å². The van der Waals surface area contributed by atoms with Gasteiger partial charge in [-0.15, -0.1) is 6.58 Å². The van der Waals surface area contributed by atoms with Crippen LogP contribution in [0.1, 0.15) is 26.2 Å². The maximum absolute atomic E-state index is 12.1. The largest absolute Gasteiger partial charge is 0.343 e. The first-order valence-corrected chi connectivity index (χ1v) is 5.90. The molecule has 1 heterocycles. The second-order valence-electron chi connectivity index (χ2n) is 4.53. The Morgan fingerprint density at radius 1 is 1.50 bits per heavy atom. The number of rotatable bonds is 4. The molecule has 2 atom stereocenters. The molecule has 0 aromatic heterocycles. The lowest BCUT2D eigenvalue weighted by atomic mass is 10.0. The van der Waals surface area contributed by atoms with Gasteiger partial charge in [-0.3, -0.25) is 9.59 Å².